The molecule has 0 aromatic heterocycles. The molecule has 2 aromatic rings. The van der Waals surface area contributed by atoms with Crippen LogP contribution in [0.4, 0.5) is 10.5 Å². The summed E-state index contributed by atoms with van der Waals surface area (Å²) in [5.74, 6) is -1.09. The minimum atomic E-state index is -0.965. The number of rotatable bonds is 4. The number of benzene rings is 2. The zero-order valence-electron chi connectivity index (χ0n) is 16.5. The Morgan fingerprint density at radius 3 is 2.40 bits per heavy atom. The van der Waals surface area contributed by atoms with E-state index in [2.05, 4.69) is 10.6 Å². The lowest BCUT2D eigenvalue weighted by Crippen LogP contribution is -2.53. The van der Waals surface area contributed by atoms with Gasteiger partial charge in [0.1, 0.15) is 12.1 Å². The zero-order valence-corrected chi connectivity index (χ0v) is 16.5. The fraction of sp³-hybridized carbons (Fsp3) is 0.273. The van der Waals surface area contributed by atoms with Gasteiger partial charge in [-0.15, -0.1) is 0 Å². The monoisotopic (exact) mass is 406 g/mol. The summed E-state index contributed by atoms with van der Waals surface area (Å²) in [5.41, 5.74) is 2.44. The van der Waals surface area contributed by atoms with Gasteiger partial charge in [-0.1, -0.05) is 42.5 Å². The van der Waals surface area contributed by atoms with E-state index >= 15 is 0 Å². The lowest BCUT2D eigenvalue weighted by molar-refractivity contribution is -0.142. The molecule has 8 heteroatoms. The summed E-state index contributed by atoms with van der Waals surface area (Å²) in [6.07, 6.45) is 0.201. The maximum absolute atomic E-state index is 13.1. The molecule has 5 amide bonds. The Labute approximate surface area is 173 Å². The van der Waals surface area contributed by atoms with E-state index in [0.717, 1.165) is 16.0 Å². The van der Waals surface area contributed by atoms with Crippen LogP contribution in [0.25, 0.3) is 0 Å². The van der Waals surface area contributed by atoms with Crippen molar-refractivity contribution in [3.63, 3.8) is 0 Å². The number of imide groups is 1. The number of hydrogen-bond donors (Lipinski definition) is 2. The third kappa shape index (κ3) is 3.52. The molecule has 0 bridgehead atoms. The summed E-state index contributed by atoms with van der Waals surface area (Å²) >= 11 is 0. The topological polar surface area (TPSA) is 98.8 Å². The molecular weight excluding hydrogens is 384 g/mol. The van der Waals surface area contributed by atoms with E-state index in [9.17, 15) is 19.2 Å². The van der Waals surface area contributed by atoms with Crippen LogP contribution in [0.3, 0.4) is 0 Å². The number of carbonyl (C=O) groups is 4. The van der Waals surface area contributed by atoms with Crippen LogP contribution in [0.2, 0.25) is 0 Å². The fourth-order valence-electron chi connectivity index (χ4n) is 3.97. The van der Waals surface area contributed by atoms with Crippen molar-refractivity contribution in [2.75, 3.05) is 11.9 Å². The molecule has 2 aromatic carbocycles. The molecular formula is C22H22N4O4. The Morgan fingerprint density at radius 1 is 1.03 bits per heavy atom. The van der Waals surface area contributed by atoms with Crippen LogP contribution < -0.4 is 15.5 Å². The Bertz CT molecular complexity index is 1010. The average molecular weight is 406 g/mol. The third-order valence-corrected chi connectivity index (χ3v) is 5.53. The van der Waals surface area contributed by atoms with E-state index in [0.29, 0.717) is 12.1 Å². The van der Waals surface area contributed by atoms with Gasteiger partial charge in [0.2, 0.25) is 11.8 Å². The number of likely N-dealkylation sites (N-methyl/N-ethyl adjacent to an activating group) is 1. The van der Waals surface area contributed by atoms with E-state index < -0.39 is 24.0 Å². The van der Waals surface area contributed by atoms with E-state index in [1.165, 1.54) is 11.9 Å². The van der Waals surface area contributed by atoms with Gasteiger partial charge in [-0.05, 0) is 23.3 Å². The first-order valence-corrected chi connectivity index (χ1v) is 9.77. The molecule has 0 saturated carbocycles. The van der Waals surface area contributed by atoms with E-state index in [-0.39, 0.29) is 24.8 Å². The summed E-state index contributed by atoms with van der Waals surface area (Å²) in [5, 5.41) is 5.20. The Hall–Kier alpha value is -3.68. The van der Waals surface area contributed by atoms with Crippen molar-refractivity contribution < 1.29 is 19.2 Å². The number of fused-ring (bicyclic) bond motifs is 1. The molecule has 1 fully saturated rings. The Balaban J connectivity index is 1.53. The number of nitrogens with one attached hydrogen (secondary N) is 2. The largest absolute Gasteiger partial charge is 0.357 e. The van der Waals surface area contributed by atoms with Crippen LogP contribution in [-0.4, -0.2) is 47.8 Å². The number of para-hydroxylation sites is 1. The zero-order chi connectivity index (χ0) is 21.3. The van der Waals surface area contributed by atoms with Crippen LogP contribution in [0.1, 0.15) is 17.5 Å². The number of anilines is 1. The minimum absolute atomic E-state index is 0.205. The second-order valence-electron chi connectivity index (χ2n) is 7.34. The van der Waals surface area contributed by atoms with Crippen LogP contribution in [0.5, 0.6) is 0 Å². The summed E-state index contributed by atoms with van der Waals surface area (Å²) < 4.78 is 0. The van der Waals surface area contributed by atoms with Crippen molar-refractivity contribution in [1.29, 1.82) is 0 Å². The molecule has 2 N–H and O–H groups in total. The summed E-state index contributed by atoms with van der Waals surface area (Å²) in [7, 11) is 1.53. The fourth-order valence-corrected chi connectivity index (χ4v) is 3.97. The van der Waals surface area contributed by atoms with Gasteiger partial charge in [-0.25, -0.2) is 9.69 Å². The van der Waals surface area contributed by atoms with E-state index in [1.54, 1.807) is 30.3 Å². The molecule has 30 heavy (non-hydrogen) atoms. The first kappa shape index (κ1) is 19.6. The Kier molecular flexibility index (Phi) is 5.22. The van der Waals surface area contributed by atoms with Crippen molar-refractivity contribution in [1.82, 2.24) is 15.5 Å². The van der Waals surface area contributed by atoms with E-state index in [4.69, 9.17) is 0 Å². The molecule has 2 aliphatic heterocycles. The molecule has 1 saturated heterocycles. The van der Waals surface area contributed by atoms with Gasteiger partial charge >= 0.3 is 6.03 Å². The normalized spacial score (nSPS) is 20.6. The number of hydrogen-bond acceptors (Lipinski definition) is 4. The number of amides is 5. The average Bonchev–Trinajstić information content (AvgIpc) is 3.05. The van der Waals surface area contributed by atoms with Gasteiger partial charge in [0.15, 0.2) is 0 Å². The Morgan fingerprint density at radius 2 is 1.70 bits per heavy atom. The molecule has 8 nitrogen and oxygen atoms in total. The van der Waals surface area contributed by atoms with Gasteiger partial charge in [0.05, 0.1) is 12.1 Å². The van der Waals surface area contributed by atoms with Crippen molar-refractivity contribution in [3.8, 4) is 0 Å². The van der Waals surface area contributed by atoms with Gasteiger partial charge in [-0.2, -0.15) is 0 Å². The van der Waals surface area contributed by atoms with Gasteiger partial charge in [0.25, 0.3) is 5.91 Å². The molecule has 2 aliphatic rings. The SMILES string of the molecule is CNC(=O)[C@@H]1Cc2ccccc2CN1C(=O)C[C@H]1NC(=O)N(c2ccccc2)C1=O. The van der Waals surface area contributed by atoms with Crippen molar-refractivity contribution >= 4 is 29.4 Å². The molecule has 154 valence electrons. The molecule has 0 spiro atoms. The maximum Gasteiger partial charge on any atom is 0.329 e. The minimum Gasteiger partial charge on any atom is -0.357 e. The molecule has 0 aliphatic carbocycles. The van der Waals surface area contributed by atoms with Crippen LogP contribution in [-0.2, 0) is 27.3 Å². The lowest BCUT2D eigenvalue weighted by atomic mass is 9.93. The highest BCUT2D eigenvalue weighted by Crippen LogP contribution is 2.26. The molecule has 2 heterocycles. The number of urea groups is 1. The summed E-state index contributed by atoms with van der Waals surface area (Å²) in [6, 6.07) is 14.1. The molecule has 0 radical (unpaired) electrons. The first-order chi connectivity index (χ1) is 14.5. The summed E-state index contributed by atoms with van der Waals surface area (Å²) in [6.45, 7) is 0.282. The highest BCUT2D eigenvalue weighted by Gasteiger charge is 2.42. The predicted molar refractivity (Wildman–Crippen MR) is 109 cm³/mol. The first-order valence-electron chi connectivity index (χ1n) is 9.77. The third-order valence-electron chi connectivity index (χ3n) is 5.53. The van der Waals surface area contributed by atoms with Crippen molar-refractivity contribution in [3.05, 3.63) is 65.7 Å². The second-order valence-corrected chi connectivity index (χ2v) is 7.34. The van der Waals surface area contributed by atoms with Gasteiger partial charge in [0, 0.05) is 20.0 Å². The molecule has 2 atom stereocenters. The number of nitrogens with zero attached hydrogens (tertiary/aromatic N) is 2. The van der Waals surface area contributed by atoms with Crippen molar-refractivity contribution in [2.45, 2.75) is 31.5 Å². The van der Waals surface area contributed by atoms with Crippen LogP contribution >= 0.6 is 0 Å². The second kappa shape index (κ2) is 7.98. The maximum atomic E-state index is 13.1. The van der Waals surface area contributed by atoms with Crippen LogP contribution in [0.15, 0.2) is 54.6 Å². The van der Waals surface area contributed by atoms with Gasteiger partial charge in [-0.3, -0.25) is 14.4 Å². The van der Waals surface area contributed by atoms with Crippen molar-refractivity contribution in [2.24, 2.45) is 0 Å². The predicted octanol–water partition coefficient (Wildman–Crippen LogP) is 1.20. The smallest absolute Gasteiger partial charge is 0.329 e. The highest BCUT2D eigenvalue weighted by atomic mass is 16.2. The quantitative estimate of drug-likeness (QED) is 0.746. The molecule has 0 unspecified atom stereocenters. The standard InChI is InChI=1S/C22H22N4O4/c1-23-20(28)18-11-14-7-5-6-8-15(14)13-25(18)19(27)12-17-21(29)26(22(30)24-17)16-9-3-2-4-10-16/h2-10,17-18H,11-13H2,1H3,(H,23,28)(H,24,30)/t17-,18+/m1/s1. The molecule has 4 rings (SSSR count). The highest BCUT2D eigenvalue weighted by molar-refractivity contribution is 6.22. The van der Waals surface area contributed by atoms with Gasteiger partial charge < -0.3 is 15.5 Å². The van der Waals surface area contributed by atoms with Crippen LogP contribution in [0, 0.1) is 0 Å². The summed E-state index contributed by atoms with van der Waals surface area (Å²) in [4.78, 5) is 53.2. The lowest BCUT2D eigenvalue weighted by Gasteiger charge is -2.36. The number of carbonyl (C=O) groups excluding carboxylic acids is 4. The van der Waals surface area contributed by atoms with E-state index in [1.807, 2.05) is 24.3 Å².